The number of benzene rings is 1. The minimum atomic E-state index is -0.788. The number of carboxylic acid groups (broad SMARTS) is 1. The van der Waals surface area contributed by atoms with Gasteiger partial charge in [-0.25, -0.2) is 9.97 Å². The molecule has 7 nitrogen and oxygen atoms in total. The third kappa shape index (κ3) is 3.79. The van der Waals surface area contributed by atoms with Gasteiger partial charge in [-0.05, 0) is 55.4 Å². The zero-order valence-electron chi connectivity index (χ0n) is 16.6. The molecule has 2 N–H and O–H groups in total. The first-order chi connectivity index (χ1) is 14.7. The highest BCUT2D eigenvalue weighted by molar-refractivity contribution is 7.19. The van der Waals surface area contributed by atoms with Crippen LogP contribution in [0.15, 0.2) is 18.2 Å². The summed E-state index contributed by atoms with van der Waals surface area (Å²) in [5, 5.41) is 13.6. The van der Waals surface area contributed by atoms with Crippen LogP contribution in [0.4, 0.5) is 5.82 Å². The second kappa shape index (κ2) is 8.10. The number of aromatic nitrogens is 2. The monoisotopic (exact) mass is 425 g/mol. The second-order valence-corrected chi connectivity index (χ2v) is 8.75. The molecular formula is C22H23N3O4S. The van der Waals surface area contributed by atoms with Crippen molar-refractivity contribution in [2.24, 2.45) is 0 Å². The largest absolute Gasteiger partial charge is 0.481 e. The SMILES string of the molecule is O=C(O)CCCc1nc(NCc2ccc3c(c2)OCO3)c2c3c(sc2n1)CCCC3. The number of nitrogens with zero attached hydrogens (tertiary/aromatic N) is 2. The van der Waals surface area contributed by atoms with Crippen molar-refractivity contribution in [1.82, 2.24) is 9.97 Å². The first-order valence-electron chi connectivity index (χ1n) is 10.3. The van der Waals surface area contributed by atoms with Crippen molar-refractivity contribution in [3.8, 4) is 11.5 Å². The summed E-state index contributed by atoms with van der Waals surface area (Å²) < 4.78 is 10.9. The average Bonchev–Trinajstić information content (AvgIpc) is 3.35. The number of hydrogen-bond donors (Lipinski definition) is 2. The summed E-state index contributed by atoms with van der Waals surface area (Å²) >= 11 is 1.76. The van der Waals surface area contributed by atoms with Crippen LogP contribution in [-0.4, -0.2) is 27.8 Å². The van der Waals surface area contributed by atoms with Gasteiger partial charge in [-0.15, -0.1) is 11.3 Å². The van der Waals surface area contributed by atoms with Crippen molar-refractivity contribution >= 4 is 33.3 Å². The lowest BCUT2D eigenvalue weighted by Gasteiger charge is -2.13. The molecule has 30 heavy (non-hydrogen) atoms. The quantitative estimate of drug-likeness (QED) is 0.582. The van der Waals surface area contributed by atoms with Crippen LogP contribution in [0.2, 0.25) is 0 Å². The zero-order chi connectivity index (χ0) is 20.5. The second-order valence-electron chi connectivity index (χ2n) is 7.67. The summed E-state index contributed by atoms with van der Waals surface area (Å²) in [6.45, 7) is 0.876. The molecule has 0 atom stereocenters. The van der Waals surface area contributed by atoms with E-state index < -0.39 is 5.97 Å². The third-order valence-electron chi connectivity index (χ3n) is 5.55. The number of anilines is 1. The molecule has 0 bridgehead atoms. The fourth-order valence-electron chi connectivity index (χ4n) is 4.08. The maximum absolute atomic E-state index is 10.9. The molecule has 1 aliphatic heterocycles. The number of aliphatic carboxylic acids is 1. The molecule has 3 aromatic rings. The molecule has 1 aromatic carbocycles. The number of thiophene rings is 1. The highest BCUT2D eigenvalue weighted by atomic mass is 32.1. The van der Waals surface area contributed by atoms with Gasteiger partial charge in [-0.3, -0.25) is 4.79 Å². The molecule has 3 heterocycles. The van der Waals surface area contributed by atoms with Gasteiger partial charge in [-0.2, -0.15) is 0 Å². The summed E-state index contributed by atoms with van der Waals surface area (Å²) in [4.78, 5) is 22.9. The Morgan fingerprint density at radius 3 is 2.93 bits per heavy atom. The van der Waals surface area contributed by atoms with Crippen LogP contribution in [0.1, 0.15) is 47.5 Å². The lowest BCUT2D eigenvalue weighted by atomic mass is 9.97. The number of fused-ring (bicyclic) bond motifs is 4. The summed E-state index contributed by atoms with van der Waals surface area (Å²) in [6, 6.07) is 5.94. The Kier molecular flexibility index (Phi) is 5.16. The van der Waals surface area contributed by atoms with E-state index in [1.807, 2.05) is 18.2 Å². The molecule has 8 heteroatoms. The Bertz CT molecular complexity index is 1110. The highest BCUT2D eigenvalue weighted by Gasteiger charge is 2.21. The molecule has 0 fully saturated rings. The molecule has 2 aromatic heterocycles. The van der Waals surface area contributed by atoms with E-state index in [4.69, 9.17) is 24.5 Å². The Balaban J connectivity index is 1.44. The Morgan fingerprint density at radius 2 is 2.03 bits per heavy atom. The molecule has 0 amide bonds. The van der Waals surface area contributed by atoms with Gasteiger partial charge in [-0.1, -0.05) is 6.07 Å². The first kappa shape index (κ1) is 19.1. The van der Waals surface area contributed by atoms with Crippen molar-refractivity contribution in [3.63, 3.8) is 0 Å². The molecule has 1 aliphatic carbocycles. The van der Waals surface area contributed by atoms with Gasteiger partial charge >= 0.3 is 5.97 Å². The molecule has 156 valence electrons. The first-order valence-corrected chi connectivity index (χ1v) is 11.1. The van der Waals surface area contributed by atoms with Gasteiger partial charge in [0.05, 0.1) is 5.39 Å². The van der Waals surface area contributed by atoms with Gasteiger partial charge in [0.1, 0.15) is 16.5 Å². The molecule has 0 spiro atoms. The van der Waals surface area contributed by atoms with E-state index in [0.29, 0.717) is 25.2 Å². The van der Waals surface area contributed by atoms with Crippen molar-refractivity contribution < 1.29 is 19.4 Å². The minimum absolute atomic E-state index is 0.127. The van der Waals surface area contributed by atoms with Gasteiger partial charge in [0.2, 0.25) is 6.79 Å². The van der Waals surface area contributed by atoms with Crippen molar-refractivity contribution in [3.05, 3.63) is 40.0 Å². The van der Waals surface area contributed by atoms with Crippen LogP contribution in [0.3, 0.4) is 0 Å². The maximum atomic E-state index is 10.9. The van der Waals surface area contributed by atoms with E-state index in [-0.39, 0.29) is 13.2 Å². The molecule has 5 rings (SSSR count). The number of ether oxygens (including phenoxy) is 2. The van der Waals surface area contributed by atoms with Crippen LogP contribution in [0, 0.1) is 0 Å². The molecular weight excluding hydrogens is 402 g/mol. The Morgan fingerprint density at radius 1 is 1.17 bits per heavy atom. The van der Waals surface area contributed by atoms with E-state index >= 15 is 0 Å². The van der Waals surface area contributed by atoms with E-state index in [2.05, 4.69) is 5.32 Å². The van der Waals surface area contributed by atoms with Gasteiger partial charge in [0, 0.05) is 24.3 Å². The minimum Gasteiger partial charge on any atom is -0.481 e. The molecule has 0 radical (unpaired) electrons. The number of aryl methyl sites for hydroxylation is 3. The fraction of sp³-hybridized carbons (Fsp3) is 0.409. The molecule has 0 saturated heterocycles. The summed E-state index contributed by atoms with van der Waals surface area (Å²) in [7, 11) is 0. The number of nitrogens with one attached hydrogen (secondary N) is 1. The Hall–Kier alpha value is -2.87. The normalized spacial score (nSPS) is 14.7. The maximum Gasteiger partial charge on any atom is 0.303 e. The lowest BCUT2D eigenvalue weighted by molar-refractivity contribution is -0.137. The van der Waals surface area contributed by atoms with Crippen LogP contribution in [0.25, 0.3) is 10.2 Å². The van der Waals surface area contributed by atoms with Crippen molar-refractivity contribution in [2.75, 3.05) is 12.1 Å². The topological polar surface area (TPSA) is 93.6 Å². The molecule has 0 unspecified atom stereocenters. The smallest absolute Gasteiger partial charge is 0.303 e. The molecule has 0 saturated carbocycles. The van der Waals surface area contributed by atoms with E-state index in [9.17, 15) is 4.79 Å². The van der Waals surface area contributed by atoms with Crippen molar-refractivity contribution in [2.45, 2.75) is 51.5 Å². The summed E-state index contributed by atoms with van der Waals surface area (Å²) in [5.74, 6) is 2.31. The third-order valence-corrected chi connectivity index (χ3v) is 6.73. The van der Waals surface area contributed by atoms with Crippen LogP contribution >= 0.6 is 11.3 Å². The number of rotatable bonds is 7. The number of carboxylic acids is 1. The molecule has 2 aliphatic rings. The van der Waals surface area contributed by atoms with Crippen LogP contribution in [-0.2, 0) is 30.6 Å². The van der Waals surface area contributed by atoms with Crippen molar-refractivity contribution in [1.29, 1.82) is 0 Å². The zero-order valence-corrected chi connectivity index (χ0v) is 17.4. The summed E-state index contributed by atoms with van der Waals surface area (Å²) in [5.41, 5.74) is 2.47. The predicted octanol–water partition coefficient (Wildman–Crippen LogP) is 4.32. The van der Waals surface area contributed by atoms with Crippen LogP contribution in [0.5, 0.6) is 11.5 Å². The average molecular weight is 426 g/mol. The number of hydrogen-bond acceptors (Lipinski definition) is 7. The highest BCUT2D eigenvalue weighted by Crippen LogP contribution is 2.39. The summed E-state index contributed by atoms with van der Waals surface area (Å²) in [6.07, 6.45) is 5.81. The standard InChI is InChI=1S/C22H23N3O4S/c26-19(27)7-3-6-18-24-21(20-14-4-1-2-5-17(14)30-22(20)25-18)23-11-13-8-9-15-16(10-13)29-12-28-15/h8-10H,1-7,11-12H2,(H,26,27)(H,23,24,25). The predicted molar refractivity (Wildman–Crippen MR) is 115 cm³/mol. The Labute approximate surface area is 178 Å². The van der Waals surface area contributed by atoms with Crippen LogP contribution < -0.4 is 14.8 Å². The van der Waals surface area contributed by atoms with E-state index in [1.165, 1.54) is 23.3 Å². The van der Waals surface area contributed by atoms with E-state index in [1.54, 1.807) is 11.3 Å². The lowest BCUT2D eigenvalue weighted by Crippen LogP contribution is -2.07. The van der Waals surface area contributed by atoms with E-state index in [0.717, 1.165) is 45.9 Å². The fourth-order valence-corrected chi connectivity index (χ4v) is 5.36. The number of carbonyl (C=O) groups is 1. The van der Waals surface area contributed by atoms with Gasteiger partial charge in [0.15, 0.2) is 11.5 Å². The van der Waals surface area contributed by atoms with Gasteiger partial charge < -0.3 is 19.9 Å². The van der Waals surface area contributed by atoms with Gasteiger partial charge in [0.25, 0.3) is 0 Å².